The van der Waals surface area contributed by atoms with Crippen LogP contribution < -0.4 is 33.8 Å². The molecule has 0 aromatic rings. The number of hydrogen-bond donors (Lipinski definition) is 7. The van der Waals surface area contributed by atoms with E-state index in [2.05, 4.69) is 0 Å². The van der Waals surface area contributed by atoms with E-state index in [0.29, 0.717) is 0 Å². The minimum absolute atomic E-state index is 0.140. The van der Waals surface area contributed by atoms with E-state index in [0.717, 1.165) is 0 Å². The van der Waals surface area contributed by atoms with Crippen molar-refractivity contribution in [2.45, 2.75) is 16.4 Å². The number of amides is 3. The molecule has 0 aliphatic carbocycles. The topological polar surface area (TPSA) is 186 Å². The Morgan fingerprint density at radius 3 is 2.11 bits per heavy atom. The van der Waals surface area contributed by atoms with Crippen LogP contribution >= 0.6 is 22.6 Å². The number of hydrazine groups is 3. The molecule has 11 heteroatoms. The van der Waals surface area contributed by atoms with Gasteiger partial charge in [0.1, 0.15) is 0 Å². The molecular formula is C7H15IN6O4. The highest BCUT2D eigenvalue weighted by molar-refractivity contribution is 14.1. The van der Waals surface area contributed by atoms with Crippen molar-refractivity contribution < 1.29 is 19.5 Å². The molecule has 0 saturated carbocycles. The first-order valence-electron chi connectivity index (χ1n) is 4.73. The van der Waals surface area contributed by atoms with Gasteiger partial charge in [-0.3, -0.25) is 30.7 Å². The fraction of sp³-hybridized carbons (Fsp3) is 0.571. The fourth-order valence-electron chi connectivity index (χ4n) is 1.20. The molecule has 0 bridgehead atoms. The summed E-state index contributed by atoms with van der Waals surface area (Å²) in [6.45, 7) is 0. The lowest BCUT2D eigenvalue weighted by Gasteiger charge is -2.27. The number of rotatable bonds is 6. The number of hydrogen-bond acceptors (Lipinski definition) is 7. The second-order valence-electron chi connectivity index (χ2n) is 3.31. The Labute approximate surface area is 116 Å². The molecule has 18 heavy (non-hydrogen) atoms. The number of aliphatic hydroxyl groups is 1. The minimum atomic E-state index is -2.13. The third-order valence-corrected chi connectivity index (χ3v) is 3.43. The summed E-state index contributed by atoms with van der Waals surface area (Å²) in [4.78, 5) is 33.9. The normalized spacial score (nSPS) is 15.2. The quantitative estimate of drug-likeness (QED) is 0.0825. The zero-order chi connectivity index (χ0) is 14.3. The molecule has 0 rings (SSSR count). The van der Waals surface area contributed by atoms with E-state index < -0.39 is 27.2 Å². The predicted molar refractivity (Wildman–Crippen MR) is 68.7 cm³/mol. The molecule has 0 aromatic heterocycles. The average molecular weight is 374 g/mol. The molecule has 0 aromatic carbocycles. The SMILES string of the molecule is NNC(=O)CCC(C(=O)NN)C(O)(I)C(=O)NN. The highest BCUT2D eigenvalue weighted by Gasteiger charge is 2.45. The van der Waals surface area contributed by atoms with E-state index in [9.17, 15) is 19.5 Å². The van der Waals surface area contributed by atoms with Crippen LogP contribution in [0, 0.1) is 5.92 Å². The van der Waals surface area contributed by atoms with Crippen LogP contribution in [0.1, 0.15) is 12.8 Å². The summed E-state index contributed by atoms with van der Waals surface area (Å²) >= 11 is 1.35. The van der Waals surface area contributed by atoms with Gasteiger partial charge in [-0.1, -0.05) is 0 Å². The number of halogens is 1. The third-order valence-electron chi connectivity index (χ3n) is 2.19. The Morgan fingerprint density at radius 1 is 1.17 bits per heavy atom. The maximum atomic E-state index is 11.5. The molecule has 0 aliphatic rings. The van der Waals surface area contributed by atoms with Crippen molar-refractivity contribution in [2.24, 2.45) is 23.4 Å². The van der Waals surface area contributed by atoms with Crippen LogP contribution in [0.25, 0.3) is 0 Å². The summed E-state index contributed by atoms with van der Waals surface area (Å²) in [7, 11) is 0. The number of nitrogens with two attached hydrogens (primary N) is 3. The summed E-state index contributed by atoms with van der Waals surface area (Å²) in [5, 5.41) is 9.95. The first-order chi connectivity index (χ1) is 8.31. The van der Waals surface area contributed by atoms with Crippen LogP contribution in [0.3, 0.4) is 0 Å². The van der Waals surface area contributed by atoms with Gasteiger partial charge < -0.3 is 5.11 Å². The van der Waals surface area contributed by atoms with Crippen molar-refractivity contribution in [2.75, 3.05) is 0 Å². The molecule has 10 N–H and O–H groups in total. The molecule has 0 aliphatic heterocycles. The molecule has 2 atom stereocenters. The molecule has 0 spiro atoms. The van der Waals surface area contributed by atoms with Crippen molar-refractivity contribution in [3.05, 3.63) is 0 Å². The Bertz CT molecular complexity index is 336. The predicted octanol–water partition coefficient (Wildman–Crippen LogP) is -3.52. The van der Waals surface area contributed by atoms with Crippen LogP contribution in [0.4, 0.5) is 0 Å². The van der Waals surface area contributed by atoms with Gasteiger partial charge in [0.2, 0.25) is 15.4 Å². The smallest absolute Gasteiger partial charge is 0.276 e. The molecule has 104 valence electrons. The van der Waals surface area contributed by atoms with E-state index in [1.807, 2.05) is 5.43 Å². The molecule has 0 radical (unpaired) electrons. The van der Waals surface area contributed by atoms with Gasteiger partial charge in [0.15, 0.2) is 0 Å². The molecule has 10 nitrogen and oxygen atoms in total. The fourth-order valence-corrected chi connectivity index (χ4v) is 1.95. The zero-order valence-electron chi connectivity index (χ0n) is 9.27. The van der Waals surface area contributed by atoms with Gasteiger partial charge in [0, 0.05) is 6.42 Å². The number of carbonyl (C=O) groups is 3. The van der Waals surface area contributed by atoms with Crippen molar-refractivity contribution in [1.82, 2.24) is 16.3 Å². The van der Waals surface area contributed by atoms with Gasteiger partial charge in [-0.15, -0.1) is 0 Å². The summed E-state index contributed by atoms with van der Waals surface area (Å²) in [5.74, 6) is 11.1. The van der Waals surface area contributed by atoms with Crippen molar-refractivity contribution >= 4 is 40.3 Å². The van der Waals surface area contributed by atoms with Crippen molar-refractivity contribution in [3.8, 4) is 0 Å². The van der Waals surface area contributed by atoms with Gasteiger partial charge in [-0.2, -0.15) is 0 Å². The van der Waals surface area contributed by atoms with Crippen molar-refractivity contribution in [3.63, 3.8) is 0 Å². The average Bonchev–Trinajstić information content (AvgIpc) is 2.36. The van der Waals surface area contributed by atoms with E-state index >= 15 is 0 Å². The van der Waals surface area contributed by atoms with Crippen molar-refractivity contribution in [1.29, 1.82) is 0 Å². The van der Waals surface area contributed by atoms with E-state index in [-0.39, 0.29) is 12.8 Å². The highest BCUT2D eigenvalue weighted by Crippen LogP contribution is 2.29. The Morgan fingerprint density at radius 2 is 1.72 bits per heavy atom. The molecule has 0 heterocycles. The van der Waals surface area contributed by atoms with Crippen LogP contribution in [-0.2, 0) is 14.4 Å². The summed E-state index contributed by atoms with van der Waals surface area (Å²) in [6, 6.07) is 0. The van der Waals surface area contributed by atoms with E-state index in [1.165, 1.54) is 22.6 Å². The van der Waals surface area contributed by atoms with Crippen LogP contribution in [0.15, 0.2) is 0 Å². The van der Waals surface area contributed by atoms with Crippen LogP contribution in [-0.4, -0.2) is 26.4 Å². The second-order valence-corrected chi connectivity index (χ2v) is 4.96. The number of nitrogens with one attached hydrogen (secondary N) is 3. The first-order valence-corrected chi connectivity index (χ1v) is 5.81. The second kappa shape index (κ2) is 7.42. The monoisotopic (exact) mass is 374 g/mol. The van der Waals surface area contributed by atoms with Crippen LogP contribution in [0.5, 0.6) is 0 Å². The number of carbonyl (C=O) groups excluding carboxylic acids is 3. The van der Waals surface area contributed by atoms with Gasteiger partial charge >= 0.3 is 0 Å². The van der Waals surface area contributed by atoms with E-state index in [1.54, 1.807) is 10.9 Å². The van der Waals surface area contributed by atoms with Gasteiger partial charge in [-0.05, 0) is 29.0 Å². The third kappa shape index (κ3) is 4.34. The minimum Gasteiger partial charge on any atom is -0.370 e. The Kier molecular flexibility index (Phi) is 7.00. The maximum absolute atomic E-state index is 11.5. The Hall–Kier alpha value is -1.02. The summed E-state index contributed by atoms with van der Waals surface area (Å²) < 4.78 is -2.13. The number of alkyl halides is 1. The molecular weight excluding hydrogens is 359 g/mol. The summed E-state index contributed by atoms with van der Waals surface area (Å²) in [6.07, 6.45) is -0.309. The van der Waals surface area contributed by atoms with Gasteiger partial charge in [-0.25, -0.2) is 17.5 Å². The lowest BCUT2D eigenvalue weighted by atomic mass is 9.95. The molecule has 2 unspecified atom stereocenters. The van der Waals surface area contributed by atoms with Gasteiger partial charge in [0.25, 0.3) is 5.91 Å². The van der Waals surface area contributed by atoms with Crippen LogP contribution in [0.2, 0.25) is 0 Å². The molecule has 0 saturated heterocycles. The zero-order valence-corrected chi connectivity index (χ0v) is 11.4. The maximum Gasteiger partial charge on any atom is 0.276 e. The molecule has 0 fully saturated rings. The van der Waals surface area contributed by atoms with E-state index in [4.69, 9.17) is 17.5 Å². The first kappa shape index (κ1) is 17.0. The van der Waals surface area contributed by atoms with Gasteiger partial charge in [0.05, 0.1) is 5.92 Å². The molecule has 3 amide bonds. The Balaban J connectivity index is 4.94. The highest BCUT2D eigenvalue weighted by atomic mass is 127. The largest absolute Gasteiger partial charge is 0.370 e. The standard InChI is InChI=1S/C7H15IN6O4/c8-7(18,6(17)14-11)3(5(16)13-10)1-2-4(15)12-9/h3,18H,1-2,9-11H2,(H,12,15)(H,13,16)(H,14,17). The lowest BCUT2D eigenvalue weighted by molar-refractivity contribution is -0.142. The lowest BCUT2D eigenvalue weighted by Crippen LogP contribution is -2.55. The summed E-state index contributed by atoms with van der Waals surface area (Å²) in [5.41, 5.74) is 5.39.